The standard InChI is InChI=1S/C10H10N2O3S/c13-10(15-4-6-1-2-14-6)8-3-7-9(16-8)12-5-11-7/h3,5-6H,1-2,4H2,(H,11,12)/t6-/m0/s1. The number of thiophene rings is 1. The number of nitrogens with one attached hydrogen (secondary N) is 1. The molecule has 1 saturated heterocycles. The van der Waals surface area contributed by atoms with Crippen LogP contribution < -0.4 is 0 Å². The second-order valence-corrected chi connectivity index (χ2v) is 4.64. The number of esters is 1. The SMILES string of the molecule is O=C(OC[C@@H]1CCO1)c1cc2[nH]cnc2s1. The van der Waals surface area contributed by atoms with Crippen LogP contribution in [0.4, 0.5) is 0 Å². The van der Waals surface area contributed by atoms with Crippen LogP contribution in [0.3, 0.4) is 0 Å². The van der Waals surface area contributed by atoms with Gasteiger partial charge in [0.1, 0.15) is 16.3 Å². The summed E-state index contributed by atoms with van der Waals surface area (Å²) in [4.78, 5) is 20.1. The maximum atomic E-state index is 11.6. The molecule has 0 amide bonds. The zero-order chi connectivity index (χ0) is 11.0. The molecule has 0 unspecified atom stereocenters. The molecule has 0 spiro atoms. The first-order valence-electron chi connectivity index (χ1n) is 5.04. The number of carbonyl (C=O) groups excluding carboxylic acids is 1. The second-order valence-electron chi connectivity index (χ2n) is 3.61. The number of aromatic nitrogens is 2. The van der Waals surface area contributed by atoms with Crippen molar-refractivity contribution >= 4 is 27.7 Å². The van der Waals surface area contributed by atoms with Gasteiger partial charge < -0.3 is 14.5 Å². The fourth-order valence-electron chi connectivity index (χ4n) is 1.50. The van der Waals surface area contributed by atoms with E-state index in [-0.39, 0.29) is 12.1 Å². The Morgan fingerprint density at radius 2 is 2.62 bits per heavy atom. The molecule has 2 aromatic heterocycles. The predicted molar refractivity (Wildman–Crippen MR) is 58.6 cm³/mol. The first-order valence-corrected chi connectivity index (χ1v) is 5.86. The van der Waals surface area contributed by atoms with Crippen LogP contribution in [0, 0.1) is 0 Å². The number of fused-ring (bicyclic) bond motifs is 1. The Hall–Kier alpha value is -1.40. The maximum absolute atomic E-state index is 11.6. The van der Waals surface area contributed by atoms with Gasteiger partial charge in [-0.25, -0.2) is 9.78 Å². The minimum Gasteiger partial charge on any atom is -0.459 e. The Balaban J connectivity index is 1.66. The van der Waals surface area contributed by atoms with E-state index in [9.17, 15) is 4.79 Å². The summed E-state index contributed by atoms with van der Waals surface area (Å²) >= 11 is 1.33. The molecule has 0 aliphatic carbocycles. The third kappa shape index (κ3) is 1.70. The van der Waals surface area contributed by atoms with Crippen molar-refractivity contribution in [3.8, 4) is 0 Å². The van der Waals surface area contributed by atoms with Gasteiger partial charge in [0.2, 0.25) is 0 Å². The van der Waals surface area contributed by atoms with Crippen LogP contribution in [0.25, 0.3) is 10.3 Å². The number of ether oxygens (including phenoxy) is 2. The highest BCUT2D eigenvalue weighted by Crippen LogP contribution is 2.23. The van der Waals surface area contributed by atoms with E-state index in [1.165, 1.54) is 11.3 Å². The summed E-state index contributed by atoms with van der Waals surface area (Å²) in [6.07, 6.45) is 2.67. The fourth-order valence-corrected chi connectivity index (χ4v) is 2.36. The first kappa shape index (κ1) is 9.80. The summed E-state index contributed by atoms with van der Waals surface area (Å²) in [5.41, 5.74) is 0.872. The molecular weight excluding hydrogens is 228 g/mol. The lowest BCUT2D eigenvalue weighted by Gasteiger charge is -2.25. The molecule has 1 atom stereocenters. The van der Waals surface area contributed by atoms with Gasteiger partial charge in [0.15, 0.2) is 0 Å². The molecule has 0 aromatic carbocycles. The third-order valence-electron chi connectivity index (χ3n) is 2.51. The first-order chi connectivity index (χ1) is 7.83. The lowest BCUT2D eigenvalue weighted by Crippen LogP contribution is -2.32. The zero-order valence-electron chi connectivity index (χ0n) is 8.43. The number of aromatic amines is 1. The highest BCUT2D eigenvalue weighted by atomic mass is 32.1. The topological polar surface area (TPSA) is 64.2 Å². The predicted octanol–water partition coefficient (Wildman–Crippen LogP) is 1.57. The average Bonchev–Trinajstić information content (AvgIpc) is 2.73. The molecule has 1 fully saturated rings. The molecule has 1 aliphatic heterocycles. The van der Waals surface area contributed by atoms with Crippen LogP contribution in [-0.2, 0) is 9.47 Å². The second kappa shape index (κ2) is 3.88. The summed E-state index contributed by atoms with van der Waals surface area (Å²) in [6.45, 7) is 1.12. The molecule has 84 valence electrons. The number of H-pyrrole nitrogens is 1. The van der Waals surface area contributed by atoms with Crippen LogP contribution in [0.15, 0.2) is 12.4 Å². The highest BCUT2D eigenvalue weighted by molar-refractivity contribution is 7.20. The van der Waals surface area contributed by atoms with Gasteiger partial charge in [0.25, 0.3) is 0 Å². The van der Waals surface area contributed by atoms with Gasteiger partial charge in [0.05, 0.1) is 17.9 Å². The minimum absolute atomic E-state index is 0.0897. The van der Waals surface area contributed by atoms with Gasteiger partial charge in [-0.15, -0.1) is 11.3 Å². The molecule has 0 radical (unpaired) electrons. The van der Waals surface area contributed by atoms with E-state index in [1.54, 1.807) is 12.4 Å². The van der Waals surface area contributed by atoms with Crippen LogP contribution >= 0.6 is 11.3 Å². The molecule has 1 N–H and O–H groups in total. The third-order valence-corrected chi connectivity index (χ3v) is 3.53. The summed E-state index contributed by atoms with van der Waals surface area (Å²) in [5, 5.41) is 0. The zero-order valence-corrected chi connectivity index (χ0v) is 9.25. The van der Waals surface area contributed by atoms with Crippen molar-refractivity contribution < 1.29 is 14.3 Å². The lowest BCUT2D eigenvalue weighted by molar-refractivity contribution is -0.0823. The van der Waals surface area contributed by atoms with Crippen molar-refractivity contribution in [2.75, 3.05) is 13.2 Å². The van der Waals surface area contributed by atoms with Gasteiger partial charge in [-0.2, -0.15) is 0 Å². The van der Waals surface area contributed by atoms with Crippen molar-refractivity contribution in [3.63, 3.8) is 0 Å². The van der Waals surface area contributed by atoms with Crippen LogP contribution in [0.2, 0.25) is 0 Å². The Bertz CT molecular complexity index is 486. The van der Waals surface area contributed by atoms with Gasteiger partial charge in [0, 0.05) is 13.0 Å². The largest absolute Gasteiger partial charge is 0.459 e. The van der Waals surface area contributed by atoms with Crippen molar-refractivity contribution in [3.05, 3.63) is 17.3 Å². The number of hydrogen-bond acceptors (Lipinski definition) is 5. The van der Waals surface area contributed by atoms with Crippen molar-refractivity contribution in [1.29, 1.82) is 0 Å². The summed E-state index contributed by atoms with van der Waals surface area (Å²) in [6, 6.07) is 1.76. The number of carbonyl (C=O) groups is 1. The van der Waals surface area contributed by atoms with Crippen molar-refractivity contribution in [1.82, 2.24) is 9.97 Å². The quantitative estimate of drug-likeness (QED) is 0.824. The van der Waals surface area contributed by atoms with Gasteiger partial charge in [-0.3, -0.25) is 0 Å². The van der Waals surface area contributed by atoms with Gasteiger partial charge in [-0.1, -0.05) is 0 Å². The molecule has 6 heteroatoms. The van der Waals surface area contributed by atoms with Gasteiger partial charge in [-0.05, 0) is 6.07 Å². The molecule has 3 rings (SSSR count). The fraction of sp³-hybridized carbons (Fsp3) is 0.400. The highest BCUT2D eigenvalue weighted by Gasteiger charge is 2.21. The summed E-state index contributed by atoms with van der Waals surface area (Å²) in [7, 11) is 0. The maximum Gasteiger partial charge on any atom is 0.348 e. The Kier molecular flexibility index (Phi) is 2.37. The van der Waals surface area contributed by atoms with Gasteiger partial charge >= 0.3 is 5.97 Å². The van der Waals surface area contributed by atoms with Crippen molar-refractivity contribution in [2.24, 2.45) is 0 Å². The van der Waals surface area contributed by atoms with Crippen LogP contribution in [-0.4, -0.2) is 35.3 Å². The molecule has 2 aromatic rings. The normalized spacial score (nSPS) is 19.6. The lowest BCUT2D eigenvalue weighted by atomic mass is 10.2. The minimum atomic E-state index is -0.299. The van der Waals surface area contributed by atoms with E-state index in [0.717, 1.165) is 23.4 Å². The molecule has 0 saturated carbocycles. The smallest absolute Gasteiger partial charge is 0.348 e. The number of rotatable bonds is 3. The van der Waals surface area contributed by atoms with Crippen LogP contribution in [0.1, 0.15) is 16.1 Å². The summed E-state index contributed by atoms with van der Waals surface area (Å²) in [5.74, 6) is -0.299. The van der Waals surface area contributed by atoms with Crippen molar-refractivity contribution in [2.45, 2.75) is 12.5 Å². The van der Waals surface area contributed by atoms with E-state index >= 15 is 0 Å². The number of imidazole rings is 1. The van der Waals surface area contributed by atoms with E-state index < -0.39 is 0 Å². The summed E-state index contributed by atoms with van der Waals surface area (Å²) < 4.78 is 10.3. The number of hydrogen-bond donors (Lipinski definition) is 1. The molecule has 1 aliphatic rings. The molecule has 0 bridgehead atoms. The Labute approximate surface area is 95.4 Å². The van der Waals surface area contributed by atoms with E-state index in [2.05, 4.69) is 9.97 Å². The van der Waals surface area contributed by atoms with E-state index in [0.29, 0.717) is 11.5 Å². The van der Waals surface area contributed by atoms with E-state index in [1.807, 2.05) is 0 Å². The Morgan fingerprint density at radius 3 is 3.31 bits per heavy atom. The molecule has 16 heavy (non-hydrogen) atoms. The molecule has 3 heterocycles. The average molecular weight is 238 g/mol. The number of nitrogens with zero attached hydrogens (tertiary/aromatic N) is 1. The molecule has 5 nitrogen and oxygen atoms in total. The monoisotopic (exact) mass is 238 g/mol. The van der Waals surface area contributed by atoms with Crippen LogP contribution in [0.5, 0.6) is 0 Å². The molecular formula is C10H10N2O3S. The van der Waals surface area contributed by atoms with E-state index in [4.69, 9.17) is 9.47 Å². The Morgan fingerprint density at radius 1 is 1.75 bits per heavy atom.